The molecule has 2 rings (SSSR count). The first-order valence-electron chi connectivity index (χ1n) is 8.11. The highest BCUT2D eigenvalue weighted by Crippen LogP contribution is 2.12. The molecule has 0 heterocycles. The average molecular weight is 414 g/mol. The van der Waals surface area contributed by atoms with Crippen LogP contribution in [0.2, 0.25) is 0 Å². The van der Waals surface area contributed by atoms with Crippen molar-refractivity contribution < 1.29 is 17.9 Å². The number of carbonyl (C=O) groups excluding carboxylic acids is 1. The van der Waals surface area contributed by atoms with Crippen LogP contribution < -0.4 is 15.8 Å². The number of halogens is 1. The monoisotopic (exact) mass is 413 g/mol. The molecule has 0 aliphatic rings. The maximum absolute atomic E-state index is 12.3. The van der Waals surface area contributed by atoms with Crippen LogP contribution in [0, 0.1) is 0 Å². The molecule has 148 valence electrons. The average Bonchev–Trinajstić information content (AvgIpc) is 2.66. The highest BCUT2D eigenvalue weighted by atomic mass is 35.5. The van der Waals surface area contributed by atoms with Crippen molar-refractivity contribution in [3.8, 4) is 0 Å². The molecule has 0 aromatic heterocycles. The fraction of sp³-hybridized carbons (Fsp3) is 0.278. The lowest BCUT2D eigenvalue weighted by molar-refractivity contribution is 0.0951. The molecule has 7 nitrogen and oxygen atoms in total. The molecular weight excluding hydrogens is 390 g/mol. The number of hydrogen-bond donors (Lipinski definition) is 3. The fourth-order valence-corrected chi connectivity index (χ4v) is 3.35. The van der Waals surface area contributed by atoms with Gasteiger partial charge in [-0.1, -0.05) is 36.4 Å². The first-order chi connectivity index (χ1) is 12.4. The summed E-state index contributed by atoms with van der Waals surface area (Å²) in [6.45, 7) is 0.657. The van der Waals surface area contributed by atoms with Crippen LogP contribution in [-0.2, 0) is 14.8 Å². The van der Waals surface area contributed by atoms with E-state index in [0.29, 0.717) is 0 Å². The predicted molar refractivity (Wildman–Crippen MR) is 106 cm³/mol. The van der Waals surface area contributed by atoms with Crippen molar-refractivity contribution in [1.82, 2.24) is 10.0 Å². The second-order valence-electron chi connectivity index (χ2n) is 5.65. The molecule has 0 radical (unpaired) electrons. The van der Waals surface area contributed by atoms with Crippen molar-refractivity contribution in [2.45, 2.75) is 10.9 Å². The van der Waals surface area contributed by atoms with E-state index >= 15 is 0 Å². The van der Waals surface area contributed by atoms with Gasteiger partial charge in [-0.3, -0.25) is 4.79 Å². The van der Waals surface area contributed by atoms with Crippen molar-refractivity contribution >= 4 is 28.3 Å². The minimum atomic E-state index is -3.70. The Balaban J connectivity index is 0.00000364. The van der Waals surface area contributed by atoms with E-state index in [4.69, 9.17) is 10.5 Å². The normalized spacial score (nSPS) is 12.1. The van der Waals surface area contributed by atoms with Gasteiger partial charge in [-0.05, 0) is 23.8 Å². The number of rotatable bonds is 9. The van der Waals surface area contributed by atoms with E-state index in [1.165, 1.54) is 25.3 Å². The summed E-state index contributed by atoms with van der Waals surface area (Å²) >= 11 is 0. The van der Waals surface area contributed by atoms with E-state index in [2.05, 4.69) is 10.0 Å². The maximum atomic E-state index is 12.3. The van der Waals surface area contributed by atoms with Gasteiger partial charge in [0.05, 0.1) is 11.5 Å². The van der Waals surface area contributed by atoms with Crippen LogP contribution >= 0.6 is 12.4 Å². The Kier molecular flexibility index (Phi) is 9.40. The summed E-state index contributed by atoms with van der Waals surface area (Å²) in [5.74, 6) is -0.384. The molecule has 0 fully saturated rings. The molecular formula is C18H24ClN3O4S. The Morgan fingerprint density at radius 1 is 1.15 bits per heavy atom. The number of sulfonamides is 1. The number of carbonyl (C=O) groups is 1. The van der Waals surface area contributed by atoms with Crippen molar-refractivity contribution in [1.29, 1.82) is 0 Å². The predicted octanol–water partition coefficient (Wildman–Crippen LogP) is 1.46. The molecule has 0 aliphatic carbocycles. The standard InChI is InChI=1S/C18H23N3O4S.ClH/c1-25-11-10-21-26(23,24)16-9-5-8-15(12-16)18(22)20-13-17(19)14-6-3-2-4-7-14;/h2-9,12,17,21H,10-11,13,19H2,1H3,(H,20,22);1H. The van der Waals surface area contributed by atoms with Crippen LogP contribution in [0.25, 0.3) is 0 Å². The smallest absolute Gasteiger partial charge is 0.251 e. The highest BCUT2D eigenvalue weighted by molar-refractivity contribution is 7.89. The third-order valence-corrected chi connectivity index (χ3v) is 5.17. The molecule has 1 atom stereocenters. The largest absolute Gasteiger partial charge is 0.383 e. The van der Waals surface area contributed by atoms with Gasteiger partial charge in [-0.2, -0.15) is 0 Å². The molecule has 0 bridgehead atoms. The summed E-state index contributed by atoms with van der Waals surface area (Å²) in [7, 11) is -2.21. The molecule has 0 saturated heterocycles. The molecule has 9 heteroatoms. The van der Waals surface area contributed by atoms with Crippen LogP contribution in [0.15, 0.2) is 59.5 Å². The topological polar surface area (TPSA) is 111 Å². The van der Waals surface area contributed by atoms with Gasteiger partial charge < -0.3 is 15.8 Å². The van der Waals surface area contributed by atoms with Crippen molar-refractivity contribution in [3.05, 3.63) is 65.7 Å². The molecule has 2 aromatic carbocycles. The molecule has 1 amide bonds. The maximum Gasteiger partial charge on any atom is 0.251 e. The molecule has 0 saturated carbocycles. The minimum Gasteiger partial charge on any atom is -0.383 e. The summed E-state index contributed by atoms with van der Waals surface area (Å²) in [5.41, 5.74) is 7.21. The quantitative estimate of drug-likeness (QED) is 0.539. The fourth-order valence-electron chi connectivity index (χ4n) is 2.29. The van der Waals surface area contributed by atoms with E-state index < -0.39 is 10.0 Å². The van der Waals surface area contributed by atoms with Crippen molar-refractivity contribution in [3.63, 3.8) is 0 Å². The second-order valence-corrected chi connectivity index (χ2v) is 7.41. The summed E-state index contributed by atoms with van der Waals surface area (Å²) < 4.78 is 31.7. The second kappa shape index (κ2) is 11.0. The van der Waals surface area contributed by atoms with E-state index in [1.54, 1.807) is 6.07 Å². The number of nitrogens with two attached hydrogens (primary N) is 1. The number of methoxy groups -OCH3 is 1. The molecule has 0 aliphatic heterocycles. The van der Waals surface area contributed by atoms with Gasteiger partial charge in [0.15, 0.2) is 0 Å². The van der Waals surface area contributed by atoms with E-state index in [1.807, 2.05) is 30.3 Å². The molecule has 1 unspecified atom stereocenters. The van der Waals surface area contributed by atoms with Crippen molar-refractivity contribution in [2.24, 2.45) is 5.73 Å². The number of nitrogens with one attached hydrogen (secondary N) is 2. The number of ether oxygens (including phenoxy) is 1. The van der Waals surface area contributed by atoms with Crippen LogP contribution in [0.4, 0.5) is 0 Å². The molecule has 2 aromatic rings. The Morgan fingerprint density at radius 3 is 2.52 bits per heavy atom. The Labute approximate surface area is 165 Å². The van der Waals surface area contributed by atoms with Gasteiger partial charge in [-0.15, -0.1) is 12.4 Å². The number of hydrogen-bond acceptors (Lipinski definition) is 5. The Morgan fingerprint density at radius 2 is 1.85 bits per heavy atom. The van der Waals surface area contributed by atoms with Crippen LogP contribution in [0.5, 0.6) is 0 Å². The minimum absolute atomic E-state index is 0. The van der Waals surface area contributed by atoms with Crippen molar-refractivity contribution in [2.75, 3.05) is 26.8 Å². The molecule has 0 spiro atoms. The van der Waals surface area contributed by atoms with E-state index in [-0.39, 0.29) is 54.5 Å². The first kappa shape index (κ1) is 23.1. The lowest BCUT2D eigenvalue weighted by Gasteiger charge is -2.13. The van der Waals surface area contributed by atoms with E-state index in [9.17, 15) is 13.2 Å². The Bertz CT molecular complexity index is 832. The zero-order valence-corrected chi connectivity index (χ0v) is 16.6. The van der Waals surface area contributed by atoms with E-state index in [0.717, 1.165) is 5.56 Å². The van der Waals surface area contributed by atoms with Gasteiger partial charge >= 0.3 is 0 Å². The summed E-state index contributed by atoms with van der Waals surface area (Å²) in [6.07, 6.45) is 0. The zero-order chi connectivity index (χ0) is 19.0. The lowest BCUT2D eigenvalue weighted by atomic mass is 10.1. The summed E-state index contributed by atoms with van der Waals surface area (Å²) in [6, 6.07) is 14.9. The first-order valence-corrected chi connectivity index (χ1v) is 9.60. The summed E-state index contributed by atoms with van der Waals surface area (Å²) in [5, 5.41) is 2.73. The zero-order valence-electron chi connectivity index (χ0n) is 14.9. The molecule has 4 N–H and O–H groups in total. The Hall–Kier alpha value is -1.97. The van der Waals surface area contributed by atoms with Crippen LogP contribution in [0.3, 0.4) is 0 Å². The van der Waals surface area contributed by atoms with Gasteiger partial charge in [0.25, 0.3) is 5.91 Å². The number of benzene rings is 2. The van der Waals surface area contributed by atoms with Gasteiger partial charge in [-0.25, -0.2) is 13.1 Å². The van der Waals surface area contributed by atoms with Gasteiger partial charge in [0.1, 0.15) is 0 Å². The van der Waals surface area contributed by atoms with Crippen LogP contribution in [0.1, 0.15) is 22.0 Å². The number of amides is 1. The summed E-state index contributed by atoms with van der Waals surface area (Å²) in [4.78, 5) is 12.3. The van der Waals surface area contributed by atoms with Gasteiger partial charge in [0, 0.05) is 31.8 Å². The SMILES string of the molecule is COCCNS(=O)(=O)c1cccc(C(=O)NCC(N)c2ccccc2)c1.Cl. The molecule has 27 heavy (non-hydrogen) atoms. The third-order valence-electron chi connectivity index (χ3n) is 3.72. The lowest BCUT2D eigenvalue weighted by Crippen LogP contribution is -2.32. The van der Waals surface area contributed by atoms with Crippen LogP contribution in [-0.4, -0.2) is 41.1 Å². The third kappa shape index (κ3) is 6.93. The highest BCUT2D eigenvalue weighted by Gasteiger charge is 2.16. The van der Waals surface area contributed by atoms with Gasteiger partial charge in [0.2, 0.25) is 10.0 Å².